The summed E-state index contributed by atoms with van der Waals surface area (Å²) in [7, 11) is 0. The summed E-state index contributed by atoms with van der Waals surface area (Å²) in [5.74, 6) is 0.690. The SMILES string of the molecule is CCCCCCCCCCCCCC(CC)COCCO. The first-order chi connectivity index (χ1) is 10.3. The number of aliphatic hydroxyl groups excluding tert-OH is 1. The zero-order valence-electron chi connectivity index (χ0n) is 14.7. The lowest BCUT2D eigenvalue weighted by Gasteiger charge is -2.14. The van der Waals surface area contributed by atoms with Crippen LogP contribution in [-0.4, -0.2) is 24.9 Å². The van der Waals surface area contributed by atoms with E-state index in [2.05, 4.69) is 13.8 Å². The Morgan fingerprint density at radius 2 is 1.29 bits per heavy atom. The molecule has 0 saturated carbocycles. The Morgan fingerprint density at radius 3 is 1.76 bits per heavy atom. The first kappa shape index (κ1) is 20.9. The number of hydrogen-bond donors (Lipinski definition) is 1. The average Bonchev–Trinajstić information content (AvgIpc) is 2.51. The fraction of sp³-hybridized carbons (Fsp3) is 1.00. The highest BCUT2D eigenvalue weighted by atomic mass is 16.5. The molecule has 0 aromatic heterocycles. The molecule has 0 aromatic rings. The zero-order valence-corrected chi connectivity index (χ0v) is 14.7. The first-order valence-electron chi connectivity index (χ1n) is 9.53. The van der Waals surface area contributed by atoms with Crippen molar-refractivity contribution >= 4 is 0 Å². The normalized spacial score (nSPS) is 12.7. The van der Waals surface area contributed by atoms with Gasteiger partial charge in [0.2, 0.25) is 0 Å². The highest BCUT2D eigenvalue weighted by Gasteiger charge is 2.05. The maximum absolute atomic E-state index is 8.70. The van der Waals surface area contributed by atoms with Crippen LogP contribution in [0.2, 0.25) is 0 Å². The van der Waals surface area contributed by atoms with E-state index in [4.69, 9.17) is 9.84 Å². The van der Waals surface area contributed by atoms with Crippen LogP contribution >= 0.6 is 0 Å². The molecule has 0 saturated heterocycles. The molecule has 2 heteroatoms. The Kier molecular flexibility index (Phi) is 17.9. The van der Waals surface area contributed by atoms with Crippen LogP contribution in [0.4, 0.5) is 0 Å². The van der Waals surface area contributed by atoms with Crippen LogP contribution in [0.5, 0.6) is 0 Å². The van der Waals surface area contributed by atoms with Crippen LogP contribution in [-0.2, 0) is 4.74 Å². The van der Waals surface area contributed by atoms with Crippen molar-refractivity contribution in [2.24, 2.45) is 5.92 Å². The lowest BCUT2D eigenvalue weighted by atomic mass is 9.98. The van der Waals surface area contributed by atoms with E-state index in [-0.39, 0.29) is 6.61 Å². The zero-order chi connectivity index (χ0) is 15.6. The van der Waals surface area contributed by atoms with Gasteiger partial charge >= 0.3 is 0 Å². The van der Waals surface area contributed by atoms with Crippen molar-refractivity contribution in [1.29, 1.82) is 0 Å². The van der Waals surface area contributed by atoms with Crippen molar-refractivity contribution in [1.82, 2.24) is 0 Å². The second-order valence-electron chi connectivity index (χ2n) is 6.40. The summed E-state index contributed by atoms with van der Waals surface area (Å²) in [4.78, 5) is 0. The fourth-order valence-corrected chi connectivity index (χ4v) is 2.82. The van der Waals surface area contributed by atoms with E-state index in [9.17, 15) is 0 Å². The Balaban J connectivity index is 3.19. The van der Waals surface area contributed by atoms with Crippen LogP contribution in [0.25, 0.3) is 0 Å². The molecule has 0 fully saturated rings. The maximum Gasteiger partial charge on any atom is 0.0697 e. The lowest BCUT2D eigenvalue weighted by molar-refractivity contribution is 0.0639. The maximum atomic E-state index is 8.70. The second kappa shape index (κ2) is 18.0. The third kappa shape index (κ3) is 16.1. The topological polar surface area (TPSA) is 29.5 Å². The highest BCUT2D eigenvalue weighted by Crippen LogP contribution is 2.16. The molecule has 0 heterocycles. The van der Waals surface area contributed by atoms with Crippen LogP contribution in [0.3, 0.4) is 0 Å². The minimum absolute atomic E-state index is 0.148. The molecule has 0 bridgehead atoms. The van der Waals surface area contributed by atoms with Gasteiger partial charge in [-0.1, -0.05) is 90.9 Å². The number of rotatable bonds is 17. The quantitative estimate of drug-likeness (QED) is 0.348. The van der Waals surface area contributed by atoms with Gasteiger partial charge in [-0.15, -0.1) is 0 Å². The molecule has 0 radical (unpaired) electrons. The van der Waals surface area contributed by atoms with E-state index in [0.717, 1.165) is 6.61 Å². The Bertz CT molecular complexity index is 182. The third-order valence-corrected chi connectivity index (χ3v) is 4.38. The van der Waals surface area contributed by atoms with Crippen molar-refractivity contribution in [3.63, 3.8) is 0 Å². The molecule has 0 aromatic carbocycles. The van der Waals surface area contributed by atoms with Crippen LogP contribution in [0.15, 0.2) is 0 Å². The van der Waals surface area contributed by atoms with Crippen molar-refractivity contribution in [3.05, 3.63) is 0 Å². The van der Waals surface area contributed by atoms with Crippen LogP contribution in [0, 0.1) is 5.92 Å². The summed E-state index contributed by atoms with van der Waals surface area (Å²) < 4.78 is 5.44. The Hall–Kier alpha value is -0.0800. The van der Waals surface area contributed by atoms with E-state index in [1.54, 1.807) is 0 Å². The van der Waals surface area contributed by atoms with Gasteiger partial charge in [-0.25, -0.2) is 0 Å². The summed E-state index contributed by atoms with van der Waals surface area (Å²) in [6.45, 7) is 5.99. The molecule has 1 N–H and O–H groups in total. The molecule has 0 aliphatic carbocycles. The van der Waals surface area contributed by atoms with E-state index in [0.29, 0.717) is 12.5 Å². The Labute approximate surface area is 133 Å². The van der Waals surface area contributed by atoms with Gasteiger partial charge in [-0.05, 0) is 12.3 Å². The van der Waals surface area contributed by atoms with Crippen molar-refractivity contribution < 1.29 is 9.84 Å². The lowest BCUT2D eigenvalue weighted by Crippen LogP contribution is -2.11. The van der Waals surface area contributed by atoms with Crippen molar-refractivity contribution in [2.45, 2.75) is 97.3 Å². The summed E-state index contributed by atoms with van der Waals surface area (Å²) in [5.41, 5.74) is 0. The number of ether oxygens (including phenoxy) is 1. The number of aliphatic hydroxyl groups is 1. The van der Waals surface area contributed by atoms with Crippen molar-refractivity contribution in [3.8, 4) is 0 Å². The molecular weight excluding hydrogens is 260 g/mol. The summed E-state index contributed by atoms with van der Waals surface area (Å²) in [5, 5.41) is 8.70. The second-order valence-corrected chi connectivity index (χ2v) is 6.40. The third-order valence-electron chi connectivity index (χ3n) is 4.38. The molecule has 2 nitrogen and oxygen atoms in total. The molecule has 0 aliphatic rings. The van der Waals surface area contributed by atoms with Gasteiger partial charge in [0.05, 0.1) is 13.2 Å². The molecule has 0 rings (SSSR count). The molecular formula is C19H40O2. The van der Waals surface area contributed by atoms with E-state index in [1.807, 2.05) is 0 Å². The summed E-state index contributed by atoms with van der Waals surface area (Å²) in [6.07, 6.45) is 18.0. The largest absolute Gasteiger partial charge is 0.394 e. The van der Waals surface area contributed by atoms with Gasteiger partial charge < -0.3 is 9.84 Å². The summed E-state index contributed by atoms with van der Waals surface area (Å²) >= 11 is 0. The van der Waals surface area contributed by atoms with Gasteiger partial charge in [0.25, 0.3) is 0 Å². The average molecular weight is 301 g/mol. The first-order valence-corrected chi connectivity index (χ1v) is 9.53. The standard InChI is InChI=1S/C19H40O2/c1-3-5-6-7-8-9-10-11-12-13-14-15-19(4-2)18-21-17-16-20/h19-20H,3-18H2,1-2H3. The number of hydrogen-bond acceptors (Lipinski definition) is 2. The molecule has 1 atom stereocenters. The van der Waals surface area contributed by atoms with Crippen LogP contribution < -0.4 is 0 Å². The monoisotopic (exact) mass is 300 g/mol. The minimum atomic E-state index is 0.148. The van der Waals surface area contributed by atoms with E-state index in [1.165, 1.54) is 83.5 Å². The molecule has 0 aliphatic heterocycles. The van der Waals surface area contributed by atoms with Gasteiger partial charge in [-0.3, -0.25) is 0 Å². The van der Waals surface area contributed by atoms with Crippen LogP contribution in [0.1, 0.15) is 97.3 Å². The predicted molar refractivity (Wildman–Crippen MR) is 92.8 cm³/mol. The van der Waals surface area contributed by atoms with Gasteiger partial charge in [0.15, 0.2) is 0 Å². The van der Waals surface area contributed by atoms with Gasteiger partial charge in [0.1, 0.15) is 0 Å². The smallest absolute Gasteiger partial charge is 0.0697 e. The predicted octanol–water partition coefficient (Wildman–Crippen LogP) is 5.72. The minimum Gasteiger partial charge on any atom is -0.394 e. The molecule has 0 amide bonds. The molecule has 128 valence electrons. The van der Waals surface area contributed by atoms with E-state index >= 15 is 0 Å². The molecule has 1 unspecified atom stereocenters. The number of unbranched alkanes of at least 4 members (excludes halogenated alkanes) is 10. The fourth-order valence-electron chi connectivity index (χ4n) is 2.82. The van der Waals surface area contributed by atoms with Crippen molar-refractivity contribution in [2.75, 3.05) is 19.8 Å². The summed E-state index contributed by atoms with van der Waals surface area (Å²) in [6, 6.07) is 0. The molecule has 0 spiro atoms. The Morgan fingerprint density at radius 1 is 0.762 bits per heavy atom. The van der Waals surface area contributed by atoms with Gasteiger partial charge in [0, 0.05) is 6.61 Å². The van der Waals surface area contributed by atoms with Gasteiger partial charge in [-0.2, -0.15) is 0 Å². The van der Waals surface area contributed by atoms with E-state index < -0.39 is 0 Å². The molecule has 21 heavy (non-hydrogen) atoms. The highest BCUT2D eigenvalue weighted by molar-refractivity contribution is 4.57.